The molecule has 2 aliphatic heterocycles. The molecule has 1 amide bonds. The average Bonchev–Trinajstić information content (AvgIpc) is 2.90. The number of hydrogen-bond acceptors (Lipinski definition) is 8. The molecule has 1 fully saturated rings. The number of nitrogens with zero attached hydrogens (tertiary/aromatic N) is 5. The largest absolute Gasteiger partial charge is 0.458 e. The van der Waals surface area contributed by atoms with Gasteiger partial charge in [0, 0.05) is 5.75 Å². The normalized spacial score (nSPS) is 23.9. The number of nitrogens with two attached hydrogens (primary N) is 1. The number of β-lactam (4-membered cyclic amide) rings is 1. The van der Waals surface area contributed by atoms with E-state index in [0.717, 1.165) is 5.57 Å². The van der Waals surface area contributed by atoms with Gasteiger partial charge in [-0.3, -0.25) is 9.69 Å². The van der Waals surface area contributed by atoms with Gasteiger partial charge in [-0.2, -0.15) is 4.80 Å². The van der Waals surface area contributed by atoms with Gasteiger partial charge in [0.15, 0.2) is 5.82 Å². The number of rotatable bonds is 4. The number of carbonyl (C=O) groups excluding carboxylic acids is 2. The van der Waals surface area contributed by atoms with Gasteiger partial charge < -0.3 is 10.5 Å². The van der Waals surface area contributed by atoms with E-state index < -0.39 is 12.0 Å². The van der Waals surface area contributed by atoms with Crippen molar-refractivity contribution in [2.45, 2.75) is 44.8 Å². The Labute approximate surface area is 137 Å². The van der Waals surface area contributed by atoms with Crippen LogP contribution in [0.5, 0.6) is 0 Å². The summed E-state index contributed by atoms with van der Waals surface area (Å²) in [6, 6.07) is -0.574. The summed E-state index contributed by atoms with van der Waals surface area (Å²) in [6.45, 7) is 5.54. The molecule has 0 bridgehead atoms. The Morgan fingerprint density at radius 1 is 1.52 bits per heavy atom. The molecule has 1 saturated heterocycles. The Bertz CT molecular complexity index is 685. The molecule has 2 N–H and O–H groups in total. The maximum absolute atomic E-state index is 12.5. The lowest BCUT2D eigenvalue weighted by molar-refractivity contribution is -0.153. The van der Waals surface area contributed by atoms with Gasteiger partial charge in [-0.15, -0.1) is 22.0 Å². The van der Waals surface area contributed by atoms with E-state index in [1.165, 1.54) is 21.5 Å². The molecule has 3 rings (SSSR count). The second-order valence-corrected chi connectivity index (χ2v) is 6.81. The van der Waals surface area contributed by atoms with Crippen molar-refractivity contribution < 1.29 is 14.3 Å². The average molecular weight is 338 g/mol. The van der Waals surface area contributed by atoms with Crippen LogP contribution in [0.25, 0.3) is 0 Å². The van der Waals surface area contributed by atoms with E-state index >= 15 is 0 Å². The van der Waals surface area contributed by atoms with Crippen LogP contribution in [0.3, 0.4) is 0 Å². The van der Waals surface area contributed by atoms with Crippen molar-refractivity contribution in [3.8, 4) is 0 Å². The summed E-state index contributed by atoms with van der Waals surface area (Å²) in [5.41, 5.74) is 6.81. The molecule has 1 aromatic rings. The van der Waals surface area contributed by atoms with Crippen LogP contribution in [0.1, 0.15) is 19.7 Å². The van der Waals surface area contributed by atoms with E-state index in [1.807, 2.05) is 0 Å². The molecular formula is C13H18N6O3S. The molecule has 1 aromatic heterocycles. The fourth-order valence-corrected chi connectivity index (χ4v) is 3.80. The molecule has 23 heavy (non-hydrogen) atoms. The molecule has 0 radical (unpaired) electrons. The molecule has 2 atom stereocenters. The Morgan fingerprint density at radius 3 is 2.87 bits per heavy atom. The molecule has 1 unspecified atom stereocenters. The van der Waals surface area contributed by atoms with Gasteiger partial charge in [0.2, 0.25) is 5.91 Å². The first kappa shape index (κ1) is 15.9. The molecule has 3 heterocycles. The molecule has 124 valence electrons. The number of esters is 1. The highest BCUT2D eigenvalue weighted by Gasteiger charge is 2.52. The zero-order valence-corrected chi connectivity index (χ0v) is 13.9. The van der Waals surface area contributed by atoms with Crippen LogP contribution in [0.2, 0.25) is 0 Å². The number of thioether (sulfide) groups is 1. The van der Waals surface area contributed by atoms with Crippen molar-refractivity contribution >= 4 is 23.6 Å². The Hall–Kier alpha value is -1.94. The summed E-state index contributed by atoms with van der Waals surface area (Å²) in [5, 5.41) is 11.6. The van der Waals surface area contributed by atoms with E-state index in [9.17, 15) is 9.59 Å². The minimum Gasteiger partial charge on any atom is -0.458 e. The first-order valence-corrected chi connectivity index (χ1v) is 8.31. The van der Waals surface area contributed by atoms with Gasteiger partial charge in [0.25, 0.3) is 0 Å². The van der Waals surface area contributed by atoms with Crippen LogP contribution in [0.15, 0.2) is 11.3 Å². The number of tetrazole rings is 1. The van der Waals surface area contributed by atoms with Gasteiger partial charge >= 0.3 is 5.97 Å². The fraction of sp³-hybridized carbons (Fsp3) is 0.615. The van der Waals surface area contributed by atoms with Crippen molar-refractivity contribution in [3.05, 3.63) is 17.1 Å². The molecule has 0 aromatic carbocycles. The fourth-order valence-electron chi connectivity index (χ4n) is 2.52. The molecule has 10 heteroatoms. The zero-order chi connectivity index (χ0) is 16.7. The summed E-state index contributed by atoms with van der Waals surface area (Å²) in [5.74, 6) is 0.321. The van der Waals surface area contributed by atoms with Crippen LogP contribution in [-0.4, -0.2) is 60.3 Å². The zero-order valence-electron chi connectivity index (χ0n) is 13.1. The highest BCUT2D eigenvalue weighted by Crippen LogP contribution is 2.40. The van der Waals surface area contributed by atoms with E-state index in [0.29, 0.717) is 11.6 Å². The third-order valence-electron chi connectivity index (χ3n) is 3.51. The van der Waals surface area contributed by atoms with Crippen molar-refractivity contribution in [3.63, 3.8) is 0 Å². The highest BCUT2D eigenvalue weighted by molar-refractivity contribution is 8.00. The molecule has 2 aliphatic rings. The van der Waals surface area contributed by atoms with E-state index in [2.05, 4.69) is 15.4 Å². The lowest BCUT2D eigenvalue weighted by atomic mass is 10.0. The van der Waals surface area contributed by atoms with Crippen LogP contribution >= 0.6 is 11.8 Å². The number of carbonyl (C=O) groups is 2. The highest BCUT2D eigenvalue weighted by atomic mass is 32.2. The predicted molar refractivity (Wildman–Crippen MR) is 81.9 cm³/mol. The molecule has 0 spiro atoms. The molecular weight excluding hydrogens is 320 g/mol. The third-order valence-corrected chi connectivity index (χ3v) is 4.87. The molecule has 0 saturated carbocycles. The minimum atomic E-state index is -0.574. The summed E-state index contributed by atoms with van der Waals surface area (Å²) < 4.78 is 5.29. The first-order valence-electron chi connectivity index (χ1n) is 7.26. The Balaban J connectivity index is 1.94. The van der Waals surface area contributed by atoms with Gasteiger partial charge in [0.1, 0.15) is 17.1 Å². The van der Waals surface area contributed by atoms with Crippen molar-refractivity contribution in [1.29, 1.82) is 0 Å². The van der Waals surface area contributed by atoms with Gasteiger partial charge in [-0.25, -0.2) is 4.79 Å². The number of aromatic nitrogens is 4. The van der Waals surface area contributed by atoms with Crippen molar-refractivity contribution in [1.82, 2.24) is 25.1 Å². The monoisotopic (exact) mass is 338 g/mol. The minimum absolute atomic E-state index is 0.216. The number of fused-ring (bicyclic) bond motifs is 1. The summed E-state index contributed by atoms with van der Waals surface area (Å²) in [6.07, 6.45) is -0.277. The topological polar surface area (TPSA) is 116 Å². The van der Waals surface area contributed by atoms with E-state index in [-0.39, 0.29) is 29.6 Å². The Morgan fingerprint density at radius 2 is 2.26 bits per heavy atom. The quantitative estimate of drug-likeness (QED) is 0.573. The third kappa shape index (κ3) is 2.83. The summed E-state index contributed by atoms with van der Waals surface area (Å²) >= 11 is 1.52. The first-order chi connectivity index (χ1) is 10.9. The Kier molecular flexibility index (Phi) is 4.11. The van der Waals surface area contributed by atoms with E-state index in [4.69, 9.17) is 10.5 Å². The van der Waals surface area contributed by atoms with Gasteiger partial charge in [-0.1, -0.05) is 0 Å². The summed E-state index contributed by atoms with van der Waals surface area (Å²) in [7, 11) is 0. The number of amides is 1. The van der Waals surface area contributed by atoms with Crippen LogP contribution in [-0.2, 0) is 20.9 Å². The predicted octanol–water partition coefficient (Wildman–Crippen LogP) is -0.570. The van der Waals surface area contributed by atoms with Gasteiger partial charge in [0.05, 0.1) is 12.6 Å². The maximum Gasteiger partial charge on any atom is 0.355 e. The van der Waals surface area contributed by atoms with Crippen molar-refractivity contribution in [2.24, 2.45) is 5.73 Å². The number of ether oxygens (including phenoxy) is 1. The van der Waals surface area contributed by atoms with Gasteiger partial charge in [-0.05, 0) is 31.6 Å². The van der Waals surface area contributed by atoms with Crippen LogP contribution < -0.4 is 5.73 Å². The number of aryl methyl sites for hydroxylation is 1. The second-order valence-electron chi connectivity index (χ2n) is 5.71. The van der Waals surface area contributed by atoms with E-state index in [1.54, 1.807) is 20.8 Å². The summed E-state index contributed by atoms with van der Waals surface area (Å²) in [4.78, 5) is 27.4. The van der Waals surface area contributed by atoms with Crippen LogP contribution in [0.4, 0.5) is 0 Å². The second kappa shape index (κ2) is 5.93. The SMILES string of the molecule is Cc1nnn(CC2=C(C(=O)OC(C)C)N3C(=O)C(N)[C@@H]3SC2)n1. The molecule has 9 nitrogen and oxygen atoms in total. The lowest BCUT2D eigenvalue weighted by Gasteiger charge is -2.48. The number of hydrogen-bond donors (Lipinski definition) is 1. The van der Waals surface area contributed by atoms with Crippen LogP contribution in [0, 0.1) is 6.92 Å². The molecule has 0 aliphatic carbocycles. The maximum atomic E-state index is 12.5. The standard InChI is InChI=1S/C13H18N6O3S/c1-6(2)22-13(21)10-8(4-18-16-7(3)15-17-18)5-23-12-9(14)11(20)19(10)12/h6,9,12H,4-5,14H2,1-3H3/t9?,12-/m0/s1. The smallest absolute Gasteiger partial charge is 0.355 e. The lowest BCUT2D eigenvalue weighted by Crippen LogP contribution is -2.68. The van der Waals surface area contributed by atoms with Crippen molar-refractivity contribution in [2.75, 3.05) is 5.75 Å².